The molecule has 0 radical (unpaired) electrons. The number of benzene rings is 1. The lowest BCUT2D eigenvalue weighted by molar-refractivity contribution is 0.0500. The first-order valence-corrected chi connectivity index (χ1v) is 8.42. The fourth-order valence-electron chi connectivity index (χ4n) is 3.02. The van der Waals surface area contributed by atoms with Crippen molar-refractivity contribution < 1.29 is 23.0 Å². The van der Waals surface area contributed by atoms with Gasteiger partial charge in [0.25, 0.3) is 5.91 Å². The largest absolute Gasteiger partial charge is 0.496 e. The van der Waals surface area contributed by atoms with Crippen molar-refractivity contribution in [2.24, 2.45) is 0 Å². The highest BCUT2D eigenvalue weighted by molar-refractivity contribution is 5.97. The number of halogens is 2. The van der Waals surface area contributed by atoms with Crippen LogP contribution >= 0.6 is 0 Å². The summed E-state index contributed by atoms with van der Waals surface area (Å²) < 4.78 is 38.8. The zero-order chi connectivity index (χ0) is 18.5. The summed E-state index contributed by atoms with van der Waals surface area (Å²) in [5.74, 6) is -2.93. The molecule has 26 heavy (non-hydrogen) atoms. The van der Waals surface area contributed by atoms with E-state index in [1.807, 2.05) is 0 Å². The molecule has 1 aliphatic heterocycles. The van der Waals surface area contributed by atoms with E-state index >= 15 is 0 Å². The standard InChI is InChI=1S/C19H20F2N2O3/c1-25-16-5-4-15(20)18(21)17(16)19(24)23(12-14-3-2-10-26-14)11-13-6-8-22-9-7-13/h4-9,14H,2-3,10-12H2,1H3. The number of rotatable bonds is 6. The van der Waals surface area contributed by atoms with Crippen LogP contribution in [0.3, 0.4) is 0 Å². The molecular weight excluding hydrogens is 342 g/mol. The quantitative estimate of drug-likeness (QED) is 0.792. The summed E-state index contributed by atoms with van der Waals surface area (Å²) in [5.41, 5.74) is 0.432. The van der Waals surface area contributed by atoms with Crippen LogP contribution in [0.2, 0.25) is 0 Å². The van der Waals surface area contributed by atoms with E-state index in [0.717, 1.165) is 24.5 Å². The number of hydrogen-bond donors (Lipinski definition) is 0. The highest BCUT2D eigenvalue weighted by atomic mass is 19.2. The molecule has 1 aromatic carbocycles. The van der Waals surface area contributed by atoms with Crippen molar-refractivity contribution in [2.45, 2.75) is 25.5 Å². The minimum Gasteiger partial charge on any atom is -0.496 e. The van der Waals surface area contributed by atoms with Gasteiger partial charge in [0.2, 0.25) is 0 Å². The van der Waals surface area contributed by atoms with Gasteiger partial charge in [-0.1, -0.05) is 0 Å². The fourth-order valence-corrected chi connectivity index (χ4v) is 3.02. The summed E-state index contributed by atoms with van der Waals surface area (Å²) in [6, 6.07) is 5.74. The van der Waals surface area contributed by atoms with Gasteiger partial charge in [0.1, 0.15) is 11.3 Å². The number of methoxy groups -OCH3 is 1. The molecule has 5 nitrogen and oxygen atoms in total. The van der Waals surface area contributed by atoms with Crippen molar-refractivity contribution in [3.8, 4) is 5.75 Å². The predicted molar refractivity (Wildman–Crippen MR) is 90.9 cm³/mol. The number of nitrogens with zero attached hydrogens (tertiary/aromatic N) is 2. The smallest absolute Gasteiger partial charge is 0.261 e. The van der Waals surface area contributed by atoms with Crippen molar-refractivity contribution in [2.75, 3.05) is 20.3 Å². The maximum Gasteiger partial charge on any atom is 0.261 e. The summed E-state index contributed by atoms with van der Waals surface area (Å²) in [6.07, 6.45) is 4.85. The topological polar surface area (TPSA) is 51.7 Å². The summed E-state index contributed by atoms with van der Waals surface area (Å²) in [5, 5.41) is 0. The third kappa shape index (κ3) is 3.99. The minimum atomic E-state index is -1.21. The van der Waals surface area contributed by atoms with Crippen LogP contribution in [-0.2, 0) is 11.3 Å². The number of hydrogen-bond acceptors (Lipinski definition) is 4. The van der Waals surface area contributed by atoms with E-state index in [4.69, 9.17) is 9.47 Å². The normalized spacial score (nSPS) is 16.5. The predicted octanol–water partition coefficient (Wildman–Crippen LogP) is 3.19. The van der Waals surface area contributed by atoms with Crippen LogP contribution in [0.4, 0.5) is 8.78 Å². The molecule has 0 N–H and O–H groups in total. The number of ether oxygens (including phenoxy) is 2. The second-order valence-corrected chi connectivity index (χ2v) is 6.11. The molecule has 1 aromatic heterocycles. The van der Waals surface area contributed by atoms with E-state index in [-0.39, 0.29) is 18.4 Å². The maximum absolute atomic E-state index is 14.4. The Morgan fingerprint density at radius 3 is 2.73 bits per heavy atom. The van der Waals surface area contributed by atoms with Gasteiger partial charge in [-0.2, -0.15) is 0 Å². The van der Waals surface area contributed by atoms with Crippen LogP contribution in [0.1, 0.15) is 28.8 Å². The molecule has 1 atom stereocenters. The molecule has 0 aliphatic carbocycles. The van der Waals surface area contributed by atoms with Gasteiger partial charge < -0.3 is 14.4 Å². The van der Waals surface area contributed by atoms with Crippen LogP contribution in [0.5, 0.6) is 5.75 Å². The van der Waals surface area contributed by atoms with Crippen molar-refractivity contribution in [3.63, 3.8) is 0 Å². The fraction of sp³-hybridized carbons (Fsp3) is 0.368. The lowest BCUT2D eigenvalue weighted by atomic mass is 10.1. The molecule has 0 spiro atoms. The van der Waals surface area contributed by atoms with Crippen LogP contribution in [0, 0.1) is 11.6 Å². The van der Waals surface area contributed by atoms with Gasteiger partial charge in [-0.15, -0.1) is 0 Å². The van der Waals surface area contributed by atoms with E-state index in [1.54, 1.807) is 24.5 Å². The Bertz CT molecular complexity index is 765. The van der Waals surface area contributed by atoms with Gasteiger partial charge in [0.15, 0.2) is 11.6 Å². The molecule has 138 valence electrons. The molecule has 0 saturated carbocycles. The summed E-state index contributed by atoms with van der Waals surface area (Å²) in [4.78, 5) is 18.5. The van der Waals surface area contributed by atoms with Gasteiger partial charge in [0, 0.05) is 32.1 Å². The van der Waals surface area contributed by atoms with Crippen LogP contribution in [0.25, 0.3) is 0 Å². The Kier molecular flexibility index (Phi) is 5.78. The van der Waals surface area contributed by atoms with Gasteiger partial charge in [-0.3, -0.25) is 9.78 Å². The third-order valence-corrected chi connectivity index (χ3v) is 4.35. The molecule has 1 amide bonds. The second-order valence-electron chi connectivity index (χ2n) is 6.11. The lowest BCUT2D eigenvalue weighted by Crippen LogP contribution is -2.37. The zero-order valence-electron chi connectivity index (χ0n) is 14.5. The monoisotopic (exact) mass is 362 g/mol. The lowest BCUT2D eigenvalue weighted by Gasteiger charge is -2.26. The zero-order valence-corrected chi connectivity index (χ0v) is 14.5. The molecule has 2 heterocycles. The van der Waals surface area contributed by atoms with E-state index in [1.165, 1.54) is 18.1 Å². The third-order valence-electron chi connectivity index (χ3n) is 4.35. The van der Waals surface area contributed by atoms with Crippen molar-refractivity contribution in [1.82, 2.24) is 9.88 Å². The minimum absolute atomic E-state index is 0.000897. The molecule has 7 heteroatoms. The molecule has 2 aromatic rings. The Balaban J connectivity index is 1.92. The van der Waals surface area contributed by atoms with E-state index < -0.39 is 23.1 Å². The maximum atomic E-state index is 14.4. The molecule has 3 rings (SSSR count). The van der Waals surface area contributed by atoms with E-state index in [2.05, 4.69) is 4.98 Å². The summed E-state index contributed by atoms with van der Waals surface area (Å²) in [7, 11) is 1.32. The van der Waals surface area contributed by atoms with Crippen LogP contribution in [0.15, 0.2) is 36.7 Å². The highest BCUT2D eigenvalue weighted by Crippen LogP contribution is 2.26. The molecule has 1 saturated heterocycles. The first-order valence-electron chi connectivity index (χ1n) is 8.42. The summed E-state index contributed by atoms with van der Waals surface area (Å²) in [6.45, 7) is 1.17. The molecule has 0 bridgehead atoms. The average molecular weight is 362 g/mol. The average Bonchev–Trinajstić information content (AvgIpc) is 3.17. The Hall–Kier alpha value is -2.54. The van der Waals surface area contributed by atoms with Crippen molar-refractivity contribution >= 4 is 5.91 Å². The molecule has 1 fully saturated rings. The van der Waals surface area contributed by atoms with Crippen LogP contribution < -0.4 is 4.74 Å². The first-order chi connectivity index (χ1) is 12.6. The second kappa shape index (κ2) is 8.23. The highest BCUT2D eigenvalue weighted by Gasteiger charge is 2.29. The number of carbonyl (C=O) groups is 1. The van der Waals surface area contributed by atoms with Crippen molar-refractivity contribution in [1.29, 1.82) is 0 Å². The molecular formula is C19H20F2N2O3. The number of amides is 1. The van der Waals surface area contributed by atoms with Crippen LogP contribution in [-0.4, -0.2) is 42.2 Å². The number of pyridine rings is 1. The molecule has 1 aliphatic rings. The van der Waals surface area contributed by atoms with Gasteiger partial charge in [-0.05, 0) is 42.7 Å². The Labute approximate surface area is 150 Å². The number of aromatic nitrogens is 1. The molecule has 1 unspecified atom stereocenters. The first kappa shape index (κ1) is 18.3. The van der Waals surface area contributed by atoms with Gasteiger partial charge >= 0.3 is 0 Å². The van der Waals surface area contributed by atoms with E-state index in [0.29, 0.717) is 13.2 Å². The SMILES string of the molecule is COc1ccc(F)c(F)c1C(=O)N(Cc1ccncc1)CC1CCCO1. The van der Waals surface area contributed by atoms with Gasteiger partial charge in [0.05, 0.1) is 13.2 Å². The Morgan fingerprint density at radius 1 is 1.31 bits per heavy atom. The van der Waals surface area contributed by atoms with Gasteiger partial charge in [-0.25, -0.2) is 8.78 Å². The van der Waals surface area contributed by atoms with Crippen molar-refractivity contribution in [3.05, 3.63) is 59.4 Å². The number of carbonyl (C=O) groups excluding carboxylic acids is 1. The summed E-state index contributed by atoms with van der Waals surface area (Å²) >= 11 is 0. The Morgan fingerprint density at radius 2 is 2.08 bits per heavy atom. The van der Waals surface area contributed by atoms with E-state index in [9.17, 15) is 13.6 Å².